The van der Waals surface area contributed by atoms with Gasteiger partial charge in [-0.2, -0.15) is 0 Å². The zero-order valence-corrected chi connectivity index (χ0v) is 11.2. The summed E-state index contributed by atoms with van der Waals surface area (Å²) in [5.74, 6) is 0.745. The SMILES string of the molecule is CC(C)CN1CCCC1C(=O)Nc1ccccc1. The van der Waals surface area contributed by atoms with Gasteiger partial charge in [0, 0.05) is 12.2 Å². The maximum Gasteiger partial charge on any atom is 0.241 e. The second-order valence-electron chi connectivity index (χ2n) is 5.40. The van der Waals surface area contributed by atoms with Crippen molar-refractivity contribution in [1.82, 2.24) is 4.90 Å². The van der Waals surface area contributed by atoms with Gasteiger partial charge in [0.25, 0.3) is 0 Å². The van der Waals surface area contributed by atoms with Gasteiger partial charge in [-0.1, -0.05) is 32.0 Å². The van der Waals surface area contributed by atoms with Crippen LogP contribution in [0.15, 0.2) is 30.3 Å². The molecule has 0 aliphatic carbocycles. The molecule has 1 saturated heterocycles. The topological polar surface area (TPSA) is 32.3 Å². The Kier molecular flexibility index (Phi) is 4.37. The van der Waals surface area contributed by atoms with Gasteiger partial charge in [-0.3, -0.25) is 9.69 Å². The first-order valence-corrected chi connectivity index (χ1v) is 6.77. The second kappa shape index (κ2) is 6.01. The van der Waals surface area contributed by atoms with Gasteiger partial charge in [0.2, 0.25) is 5.91 Å². The van der Waals surface area contributed by atoms with Crippen molar-refractivity contribution in [1.29, 1.82) is 0 Å². The van der Waals surface area contributed by atoms with Crippen molar-refractivity contribution in [3.05, 3.63) is 30.3 Å². The Labute approximate surface area is 109 Å². The number of nitrogens with one attached hydrogen (secondary N) is 1. The molecule has 3 heteroatoms. The van der Waals surface area contributed by atoms with Crippen LogP contribution in [0.5, 0.6) is 0 Å². The molecule has 1 aromatic rings. The molecule has 1 aliphatic rings. The number of hydrogen-bond acceptors (Lipinski definition) is 2. The molecule has 1 fully saturated rings. The summed E-state index contributed by atoms with van der Waals surface area (Å²) < 4.78 is 0. The van der Waals surface area contributed by atoms with Gasteiger partial charge in [-0.25, -0.2) is 0 Å². The lowest BCUT2D eigenvalue weighted by molar-refractivity contribution is -0.120. The predicted octanol–water partition coefficient (Wildman–Crippen LogP) is 2.75. The maximum absolute atomic E-state index is 12.3. The summed E-state index contributed by atoms with van der Waals surface area (Å²) in [5, 5.41) is 3.01. The number of likely N-dealkylation sites (tertiary alicyclic amines) is 1. The van der Waals surface area contributed by atoms with Crippen molar-refractivity contribution in [2.75, 3.05) is 18.4 Å². The first kappa shape index (κ1) is 13.1. The molecule has 0 radical (unpaired) electrons. The molecule has 3 nitrogen and oxygen atoms in total. The maximum atomic E-state index is 12.3. The summed E-state index contributed by atoms with van der Waals surface area (Å²) in [6.45, 7) is 6.45. The number of nitrogens with zero attached hydrogens (tertiary/aromatic N) is 1. The van der Waals surface area contributed by atoms with Crippen LogP contribution in [0.4, 0.5) is 5.69 Å². The number of carbonyl (C=O) groups is 1. The number of carbonyl (C=O) groups excluding carboxylic acids is 1. The number of anilines is 1. The summed E-state index contributed by atoms with van der Waals surface area (Å²) in [6, 6.07) is 9.74. The third-order valence-electron chi connectivity index (χ3n) is 3.31. The highest BCUT2D eigenvalue weighted by Gasteiger charge is 2.30. The average molecular weight is 246 g/mol. The summed E-state index contributed by atoms with van der Waals surface area (Å²) in [6.07, 6.45) is 2.10. The fourth-order valence-electron chi connectivity index (χ4n) is 2.56. The van der Waals surface area contributed by atoms with Crippen molar-refractivity contribution in [2.45, 2.75) is 32.7 Å². The highest BCUT2D eigenvalue weighted by molar-refractivity contribution is 5.94. The van der Waals surface area contributed by atoms with Crippen molar-refractivity contribution in [3.8, 4) is 0 Å². The van der Waals surface area contributed by atoms with Crippen LogP contribution in [0.2, 0.25) is 0 Å². The Morgan fingerprint density at radius 1 is 1.39 bits per heavy atom. The average Bonchev–Trinajstić information content (AvgIpc) is 2.77. The van der Waals surface area contributed by atoms with E-state index in [1.165, 1.54) is 0 Å². The lowest BCUT2D eigenvalue weighted by Gasteiger charge is -2.25. The summed E-state index contributed by atoms with van der Waals surface area (Å²) in [4.78, 5) is 14.6. The molecule has 1 unspecified atom stereocenters. The Morgan fingerprint density at radius 2 is 2.11 bits per heavy atom. The van der Waals surface area contributed by atoms with E-state index >= 15 is 0 Å². The lowest BCUT2D eigenvalue weighted by Crippen LogP contribution is -2.41. The zero-order valence-electron chi connectivity index (χ0n) is 11.2. The zero-order chi connectivity index (χ0) is 13.0. The van der Waals surface area contributed by atoms with Gasteiger partial charge in [-0.05, 0) is 37.4 Å². The third kappa shape index (κ3) is 3.33. The minimum atomic E-state index is 0.0487. The number of benzene rings is 1. The van der Waals surface area contributed by atoms with Gasteiger partial charge in [-0.15, -0.1) is 0 Å². The highest BCUT2D eigenvalue weighted by Crippen LogP contribution is 2.20. The molecule has 1 aliphatic heterocycles. The van der Waals surface area contributed by atoms with E-state index in [0.717, 1.165) is 31.6 Å². The van der Waals surface area contributed by atoms with Crippen LogP contribution in [0, 0.1) is 5.92 Å². The molecule has 1 heterocycles. The molecule has 0 bridgehead atoms. The monoisotopic (exact) mass is 246 g/mol. The Morgan fingerprint density at radius 3 is 2.78 bits per heavy atom. The van der Waals surface area contributed by atoms with E-state index in [1.54, 1.807) is 0 Å². The van der Waals surface area contributed by atoms with Gasteiger partial charge in [0.1, 0.15) is 0 Å². The van der Waals surface area contributed by atoms with E-state index in [0.29, 0.717) is 5.92 Å². The van der Waals surface area contributed by atoms with Gasteiger partial charge in [0.05, 0.1) is 6.04 Å². The summed E-state index contributed by atoms with van der Waals surface area (Å²) in [5.41, 5.74) is 0.888. The van der Waals surface area contributed by atoms with Crippen LogP contribution in [-0.2, 0) is 4.79 Å². The van der Waals surface area contributed by atoms with E-state index < -0.39 is 0 Å². The molecular weight excluding hydrogens is 224 g/mol. The Hall–Kier alpha value is -1.35. The molecule has 1 N–H and O–H groups in total. The smallest absolute Gasteiger partial charge is 0.241 e. The van der Waals surface area contributed by atoms with E-state index in [4.69, 9.17) is 0 Å². The number of hydrogen-bond donors (Lipinski definition) is 1. The number of rotatable bonds is 4. The summed E-state index contributed by atoms with van der Waals surface area (Å²) in [7, 11) is 0. The van der Waals surface area contributed by atoms with Gasteiger partial charge >= 0.3 is 0 Å². The van der Waals surface area contributed by atoms with E-state index in [1.807, 2.05) is 30.3 Å². The van der Waals surface area contributed by atoms with Crippen LogP contribution in [0.1, 0.15) is 26.7 Å². The van der Waals surface area contributed by atoms with Crippen LogP contribution in [-0.4, -0.2) is 29.9 Å². The fraction of sp³-hybridized carbons (Fsp3) is 0.533. The highest BCUT2D eigenvalue weighted by atomic mass is 16.2. The molecule has 18 heavy (non-hydrogen) atoms. The van der Waals surface area contributed by atoms with Gasteiger partial charge in [0.15, 0.2) is 0 Å². The van der Waals surface area contributed by atoms with Crippen molar-refractivity contribution in [3.63, 3.8) is 0 Å². The quantitative estimate of drug-likeness (QED) is 0.886. The Bertz CT molecular complexity index is 389. The predicted molar refractivity (Wildman–Crippen MR) is 74.5 cm³/mol. The van der Waals surface area contributed by atoms with Crippen LogP contribution in [0.25, 0.3) is 0 Å². The molecule has 1 aromatic carbocycles. The number of amides is 1. The molecule has 0 spiro atoms. The van der Waals surface area contributed by atoms with Crippen molar-refractivity contribution >= 4 is 11.6 Å². The molecule has 1 atom stereocenters. The van der Waals surface area contributed by atoms with Crippen LogP contribution >= 0.6 is 0 Å². The lowest BCUT2D eigenvalue weighted by atomic mass is 10.1. The van der Waals surface area contributed by atoms with Gasteiger partial charge < -0.3 is 5.32 Å². The third-order valence-corrected chi connectivity index (χ3v) is 3.31. The Balaban J connectivity index is 1.96. The first-order valence-electron chi connectivity index (χ1n) is 6.77. The molecule has 2 rings (SSSR count). The van der Waals surface area contributed by atoms with Crippen molar-refractivity contribution in [2.24, 2.45) is 5.92 Å². The minimum absolute atomic E-state index is 0.0487. The molecule has 0 saturated carbocycles. The normalized spacial score (nSPS) is 20.3. The fourth-order valence-corrected chi connectivity index (χ4v) is 2.56. The van der Waals surface area contributed by atoms with Crippen molar-refractivity contribution < 1.29 is 4.79 Å². The molecule has 1 amide bonds. The molecule has 98 valence electrons. The van der Waals surface area contributed by atoms with Crippen LogP contribution < -0.4 is 5.32 Å². The minimum Gasteiger partial charge on any atom is -0.325 e. The second-order valence-corrected chi connectivity index (χ2v) is 5.40. The first-order chi connectivity index (χ1) is 8.66. The van der Waals surface area contributed by atoms with Crippen LogP contribution in [0.3, 0.4) is 0 Å². The molecule has 0 aromatic heterocycles. The summed E-state index contributed by atoms with van der Waals surface area (Å²) >= 11 is 0. The number of para-hydroxylation sites is 1. The van der Waals surface area contributed by atoms with E-state index in [9.17, 15) is 4.79 Å². The van der Waals surface area contributed by atoms with E-state index in [2.05, 4.69) is 24.1 Å². The molecular formula is C15H22N2O. The largest absolute Gasteiger partial charge is 0.325 e. The van der Waals surface area contributed by atoms with E-state index in [-0.39, 0.29) is 11.9 Å². The standard InChI is InChI=1S/C15H22N2O/c1-12(2)11-17-10-6-9-14(17)15(18)16-13-7-4-3-5-8-13/h3-5,7-8,12,14H,6,9-11H2,1-2H3,(H,16,18).